The highest BCUT2D eigenvalue weighted by molar-refractivity contribution is 6.31. The predicted octanol–water partition coefficient (Wildman–Crippen LogP) is 3.52. The molecule has 0 radical (unpaired) electrons. The van der Waals surface area contributed by atoms with Crippen molar-refractivity contribution in [3.63, 3.8) is 0 Å². The maximum atomic E-state index is 9.49. The lowest BCUT2D eigenvalue weighted by molar-refractivity contribution is 0.465. The van der Waals surface area contributed by atoms with Gasteiger partial charge in [-0.25, -0.2) is 0 Å². The largest absolute Gasteiger partial charge is 0.507 e. The molecule has 0 saturated carbocycles. The average molecular weight is 226 g/mol. The van der Waals surface area contributed by atoms with Crippen LogP contribution in [0.3, 0.4) is 0 Å². The van der Waals surface area contributed by atoms with Gasteiger partial charge in [0.2, 0.25) is 0 Å². The maximum Gasteiger partial charge on any atom is 0.124 e. The SMILES string of the molecule is Oc1c(CCl)cc(Cl)cc1CCl. The smallest absolute Gasteiger partial charge is 0.124 e. The van der Waals surface area contributed by atoms with Gasteiger partial charge in [-0.1, -0.05) is 11.6 Å². The van der Waals surface area contributed by atoms with Crippen molar-refractivity contribution in [3.8, 4) is 5.75 Å². The molecule has 1 aromatic carbocycles. The monoisotopic (exact) mass is 224 g/mol. The van der Waals surface area contributed by atoms with E-state index in [-0.39, 0.29) is 17.5 Å². The lowest BCUT2D eigenvalue weighted by Crippen LogP contribution is -1.86. The lowest BCUT2D eigenvalue weighted by atomic mass is 10.1. The summed E-state index contributed by atoms with van der Waals surface area (Å²) < 4.78 is 0. The van der Waals surface area contributed by atoms with Crippen LogP contribution in [-0.2, 0) is 11.8 Å². The van der Waals surface area contributed by atoms with Gasteiger partial charge in [-0.3, -0.25) is 0 Å². The first-order valence-corrected chi connectivity index (χ1v) is 4.76. The first-order chi connectivity index (χ1) is 5.69. The average Bonchev–Trinajstić information content (AvgIpc) is 2.08. The van der Waals surface area contributed by atoms with E-state index in [0.29, 0.717) is 16.1 Å². The van der Waals surface area contributed by atoms with Crippen LogP contribution in [0.15, 0.2) is 12.1 Å². The molecule has 1 nitrogen and oxygen atoms in total. The van der Waals surface area contributed by atoms with Gasteiger partial charge in [0.05, 0.1) is 11.8 Å². The van der Waals surface area contributed by atoms with Crippen LogP contribution in [0.5, 0.6) is 5.75 Å². The molecule has 1 aromatic rings. The molecule has 0 aliphatic heterocycles. The Morgan fingerprint density at radius 2 is 1.50 bits per heavy atom. The molecule has 66 valence electrons. The topological polar surface area (TPSA) is 20.2 Å². The summed E-state index contributed by atoms with van der Waals surface area (Å²) in [5.41, 5.74) is 1.22. The van der Waals surface area contributed by atoms with Crippen LogP contribution in [0.25, 0.3) is 0 Å². The molecule has 0 amide bonds. The normalized spacial score (nSPS) is 10.2. The van der Waals surface area contributed by atoms with E-state index in [1.807, 2.05) is 0 Å². The number of aromatic hydroxyl groups is 1. The molecular formula is C8H7Cl3O. The number of phenolic OH excluding ortho intramolecular Hbond substituents is 1. The van der Waals surface area contributed by atoms with Crippen molar-refractivity contribution >= 4 is 34.8 Å². The summed E-state index contributed by atoms with van der Waals surface area (Å²) in [5, 5.41) is 10.0. The summed E-state index contributed by atoms with van der Waals surface area (Å²) in [6, 6.07) is 3.25. The zero-order valence-corrected chi connectivity index (χ0v) is 8.42. The van der Waals surface area contributed by atoms with E-state index >= 15 is 0 Å². The van der Waals surface area contributed by atoms with Gasteiger partial charge in [0.1, 0.15) is 5.75 Å². The molecule has 1 rings (SSSR count). The minimum absolute atomic E-state index is 0.143. The summed E-state index contributed by atoms with van der Waals surface area (Å²) in [7, 11) is 0. The summed E-state index contributed by atoms with van der Waals surface area (Å²) >= 11 is 16.9. The third-order valence-corrected chi connectivity index (χ3v) is 2.31. The number of phenols is 1. The molecule has 0 unspecified atom stereocenters. The number of halogens is 3. The molecule has 0 fully saturated rings. The fourth-order valence-corrected chi connectivity index (χ4v) is 1.59. The van der Waals surface area contributed by atoms with Crippen molar-refractivity contribution in [1.82, 2.24) is 0 Å². The zero-order valence-electron chi connectivity index (χ0n) is 6.15. The lowest BCUT2D eigenvalue weighted by Gasteiger charge is -2.05. The Labute approximate surface area is 85.9 Å². The summed E-state index contributed by atoms with van der Waals surface area (Å²) in [6.07, 6.45) is 0. The summed E-state index contributed by atoms with van der Waals surface area (Å²) in [6.45, 7) is 0. The van der Waals surface area contributed by atoms with E-state index in [1.165, 1.54) is 0 Å². The molecule has 0 aliphatic carbocycles. The van der Waals surface area contributed by atoms with E-state index in [9.17, 15) is 5.11 Å². The Balaban J connectivity index is 3.22. The van der Waals surface area contributed by atoms with Crippen LogP contribution in [0.1, 0.15) is 11.1 Å². The number of hydrogen-bond donors (Lipinski definition) is 1. The van der Waals surface area contributed by atoms with E-state index in [4.69, 9.17) is 34.8 Å². The van der Waals surface area contributed by atoms with Crippen LogP contribution >= 0.6 is 34.8 Å². The number of hydrogen-bond acceptors (Lipinski definition) is 1. The molecule has 0 spiro atoms. The quantitative estimate of drug-likeness (QED) is 0.764. The third-order valence-electron chi connectivity index (χ3n) is 1.52. The van der Waals surface area contributed by atoms with Gasteiger partial charge in [-0.2, -0.15) is 0 Å². The predicted molar refractivity (Wildman–Crippen MR) is 52.2 cm³/mol. The van der Waals surface area contributed by atoms with Gasteiger partial charge in [0.15, 0.2) is 0 Å². The maximum absolute atomic E-state index is 9.49. The van der Waals surface area contributed by atoms with Crippen molar-refractivity contribution in [2.75, 3.05) is 0 Å². The number of alkyl halides is 2. The van der Waals surface area contributed by atoms with Gasteiger partial charge < -0.3 is 5.11 Å². The van der Waals surface area contributed by atoms with E-state index in [2.05, 4.69) is 0 Å². The fraction of sp³-hybridized carbons (Fsp3) is 0.250. The second-order valence-corrected chi connectivity index (χ2v) is 3.31. The molecule has 0 aromatic heterocycles. The minimum Gasteiger partial charge on any atom is -0.507 e. The Hall–Kier alpha value is -0.110. The Morgan fingerprint density at radius 3 is 1.83 bits per heavy atom. The fourth-order valence-electron chi connectivity index (χ4n) is 0.921. The van der Waals surface area contributed by atoms with Gasteiger partial charge in [-0.05, 0) is 12.1 Å². The Kier molecular flexibility index (Phi) is 3.51. The van der Waals surface area contributed by atoms with Crippen molar-refractivity contribution in [3.05, 3.63) is 28.3 Å². The summed E-state index contributed by atoms with van der Waals surface area (Å²) in [5.74, 6) is 0.608. The van der Waals surface area contributed by atoms with Crippen molar-refractivity contribution in [1.29, 1.82) is 0 Å². The Bertz CT molecular complexity index is 261. The molecule has 0 atom stereocenters. The molecule has 12 heavy (non-hydrogen) atoms. The van der Waals surface area contributed by atoms with E-state index in [0.717, 1.165) is 0 Å². The standard InChI is InChI=1S/C8H7Cl3O/c9-3-5-1-7(11)2-6(4-10)8(5)12/h1-2,12H,3-4H2. The minimum atomic E-state index is 0.143. The molecular weight excluding hydrogens is 218 g/mol. The van der Waals surface area contributed by atoms with E-state index in [1.54, 1.807) is 12.1 Å². The third kappa shape index (κ3) is 1.98. The van der Waals surface area contributed by atoms with Crippen molar-refractivity contribution < 1.29 is 5.11 Å². The van der Waals surface area contributed by atoms with Crippen LogP contribution in [0.2, 0.25) is 5.02 Å². The van der Waals surface area contributed by atoms with Gasteiger partial charge in [0.25, 0.3) is 0 Å². The molecule has 4 heteroatoms. The van der Waals surface area contributed by atoms with Crippen LogP contribution in [0.4, 0.5) is 0 Å². The van der Waals surface area contributed by atoms with Gasteiger partial charge in [-0.15, -0.1) is 23.2 Å². The molecule has 0 aliphatic rings. The highest BCUT2D eigenvalue weighted by Gasteiger charge is 2.07. The van der Waals surface area contributed by atoms with E-state index < -0.39 is 0 Å². The van der Waals surface area contributed by atoms with Gasteiger partial charge in [0, 0.05) is 16.1 Å². The highest BCUT2D eigenvalue weighted by Crippen LogP contribution is 2.29. The van der Waals surface area contributed by atoms with Gasteiger partial charge >= 0.3 is 0 Å². The first-order valence-electron chi connectivity index (χ1n) is 3.31. The highest BCUT2D eigenvalue weighted by atomic mass is 35.5. The molecule has 0 bridgehead atoms. The second kappa shape index (κ2) is 4.22. The number of benzene rings is 1. The number of rotatable bonds is 2. The zero-order chi connectivity index (χ0) is 9.14. The van der Waals surface area contributed by atoms with Crippen molar-refractivity contribution in [2.45, 2.75) is 11.8 Å². The van der Waals surface area contributed by atoms with Crippen molar-refractivity contribution in [2.24, 2.45) is 0 Å². The van der Waals surface area contributed by atoms with Crippen LogP contribution < -0.4 is 0 Å². The first kappa shape index (κ1) is 9.97. The second-order valence-electron chi connectivity index (χ2n) is 2.34. The van der Waals surface area contributed by atoms with Crippen LogP contribution in [0, 0.1) is 0 Å². The summed E-state index contributed by atoms with van der Waals surface area (Å²) in [4.78, 5) is 0. The Morgan fingerprint density at radius 1 is 1.08 bits per heavy atom. The molecule has 1 N–H and O–H groups in total. The molecule has 0 saturated heterocycles. The molecule has 0 heterocycles. The van der Waals surface area contributed by atoms with Crippen LogP contribution in [-0.4, -0.2) is 5.11 Å².